The zero-order valence-electron chi connectivity index (χ0n) is 11.3. The Hall–Kier alpha value is -1.05. The fourth-order valence-corrected chi connectivity index (χ4v) is 1.59. The summed E-state index contributed by atoms with van der Waals surface area (Å²) in [7, 11) is -4.51. The number of hydrogen-bond donors (Lipinski definition) is 2. The van der Waals surface area contributed by atoms with E-state index in [4.69, 9.17) is 9.11 Å². The molecule has 0 fully saturated rings. The van der Waals surface area contributed by atoms with Crippen molar-refractivity contribution in [3.05, 3.63) is 12.7 Å². The van der Waals surface area contributed by atoms with Gasteiger partial charge in [-0.05, 0) is 20.2 Å². The summed E-state index contributed by atoms with van der Waals surface area (Å²) in [6.07, 6.45) is 1.33. The molecule has 0 radical (unpaired) electrons. The van der Waals surface area contributed by atoms with Gasteiger partial charge in [0.25, 0.3) is 0 Å². The Morgan fingerprint density at radius 2 is 1.50 bits per heavy atom. The van der Waals surface area contributed by atoms with Gasteiger partial charge in [-0.2, -0.15) is 16.8 Å². The van der Waals surface area contributed by atoms with Crippen molar-refractivity contribution < 1.29 is 34.4 Å². The van der Waals surface area contributed by atoms with Gasteiger partial charge < -0.3 is 9.80 Å². The first-order valence-corrected chi connectivity index (χ1v) is 7.69. The monoisotopic (exact) mass is 334 g/mol. The Morgan fingerprint density at radius 3 is 1.70 bits per heavy atom. The summed E-state index contributed by atoms with van der Waals surface area (Å²) in [5, 5.41) is 0. The summed E-state index contributed by atoms with van der Waals surface area (Å²) in [5.74, 6) is -0.0214. The number of carbonyl (C=O) groups is 1. The maximum absolute atomic E-state index is 10.9. The van der Waals surface area contributed by atoms with E-state index in [-0.39, 0.29) is 5.91 Å². The third kappa shape index (κ3) is 16.9. The minimum absolute atomic E-state index is 0.0214. The summed E-state index contributed by atoms with van der Waals surface area (Å²) in [4.78, 5) is 14.6. The van der Waals surface area contributed by atoms with Gasteiger partial charge >= 0.3 is 20.8 Å². The van der Waals surface area contributed by atoms with Gasteiger partial charge in [0.15, 0.2) is 0 Å². The standard InChI is InChI=1S/C8H16N2O.H2O7S2/c1-5-8(11)10(4)7-6-9(2)3;1-8(2,3)7-9(4,5)6/h5H,1,6-7H2,2-4H3;(H,1,2,3)(H,4,5,6). The van der Waals surface area contributed by atoms with Crippen molar-refractivity contribution in [2.24, 2.45) is 0 Å². The molecule has 0 heterocycles. The lowest BCUT2D eigenvalue weighted by Crippen LogP contribution is -2.32. The quantitative estimate of drug-likeness (QED) is 0.452. The van der Waals surface area contributed by atoms with E-state index in [1.165, 1.54) is 6.08 Å². The normalized spacial score (nSPS) is 11.5. The maximum atomic E-state index is 10.9. The van der Waals surface area contributed by atoms with E-state index in [2.05, 4.69) is 10.2 Å². The molecule has 0 atom stereocenters. The molecule has 12 heteroatoms. The number of rotatable bonds is 6. The smallest absolute Gasteiger partial charge is 0.341 e. The number of amides is 1. The Morgan fingerprint density at radius 1 is 1.10 bits per heavy atom. The third-order valence-corrected chi connectivity index (χ3v) is 2.98. The third-order valence-electron chi connectivity index (χ3n) is 1.61. The maximum Gasteiger partial charge on any atom is 0.413 e. The summed E-state index contributed by atoms with van der Waals surface area (Å²) >= 11 is 0. The van der Waals surface area contributed by atoms with Crippen molar-refractivity contribution >= 4 is 26.7 Å². The molecule has 10 nitrogen and oxygen atoms in total. The topological polar surface area (TPSA) is 142 Å². The molecule has 0 aromatic carbocycles. The van der Waals surface area contributed by atoms with E-state index in [0.29, 0.717) is 0 Å². The largest absolute Gasteiger partial charge is 0.413 e. The lowest BCUT2D eigenvalue weighted by molar-refractivity contribution is -0.124. The van der Waals surface area contributed by atoms with Gasteiger partial charge in [-0.1, -0.05) is 6.58 Å². The van der Waals surface area contributed by atoms with Crippen LogP contribution in [0.25, 0.3) is 0 Å². The van der Waals surface area contributed by atoms with Crippen molar-refractivity contribution in [2.45, 2.75) is 0 Å². The van der Waals surface area contributed by atoms with Crippen LogP contribution in [0.3, 0.4) is 0 Å². The second-order valence-electron chi connectivity index (χ2n) is 3.69. The van der Waals surface area contributed by atoms with E-state index in [9.17, 15) is 21.6 Å². The average Bonchev–Trinajstić information content (AvgIpc) is 2.20. The van der Waals surface area contributed by atoms with Crippen LogP contribution >= 0.6 is 0 Å². The van der Waals surface area contributed by atoms with Crippen LogP contribution < -0.4 is 0 Å². The first kappa shape index (κ1) is 21.3. The van der Waals surface area contributed by atoms with Crippen molar-refractivity contribution in [3.8, 4) is 0 Å². The Balaban J connectivity index is 0. The second-order valence-corrected chi connectivity index (χ2v) is 5.95. The van der Waals surface area contributed by atoms with Crippen LogP contribution in [0.2, 0.25) is 0 Å². The molecule has 0 rings (SSSR count). The van der Waals surface area contributed by atoms with Crippen LogP contribution in [0.15, 0.2) is 12.7 Å². The highest BCUT2D eigenvalue weighted by molar-refractivity contribution is 7.94. The van der Waals surface area contributed by atoms with Gasteiger partial charge in [-0.25, -0.2) is 0 Å². The minimum atomic E-state index is -5.12. The van der Waals surface area contributed by atoms with E-state index >= 15 is 0 Å². The minimum Gasteiger partial charge on any atom is -0.341 e. The molecule has 0 aromatic heterocycles. The van der Waals surface area contributed by atoms with Crippen LogP contribution in [-0.4, -0.2) is 75.9 Å². The molecule has 0 aliphatic heterocycles. The molecule has 20 heavy (non-hydrogen) atoms. The van der Waals surface area contributed by atoms with E-state index in [1.807, 2.05) is 19.0 Å². The van der Waals surface area contributed by atoms with Crippen LogP contribution in [0.1, 0.15) is 0 Å². The Kier molecular flexibility index (Phi) is 9.55. The number of likely N-dealkylation sites (N-methyl/N-ethyl adjacent to an activating group) is 2. The molecule has 0 aliphatic rings. The van der Waals surface area contributed by atoms with Gasteiger partial charge in [0.05, 0.1) is 0 Å². The van der Waals surface area contributed by atoms with E-state index < -0.39 is 20.8 Å². The zero-order chi connectivity index (χ0) is 16.6. The van der Waals surface area contributed by atoms with E-state index in [0.717, 1.165) is 13.1 Å². The number of nitrogens with zero attached hydrogens (tertiary/aromatic N) is 2. The predicted octanol–water partition coefficient (Wildman–Crippen LogP) is -1.20. The molecule has 0 saturated heterocycles. The van der Waals surface area contributed by atoms with Gasteiger partial charge in [0.1, 0.15) is 0 Å². The summed E-state index contributed by atoms with van der Waals surface area (Å²) in [6.45, 7) is 5.04. The second kappa shape index (κ2) is 8.99. The first-order valence-electron chi connectivity index (χ1n) is 4.96. The fourth-order valence-electron chi connectivity index (χ4n) is 0.725. The number of carbonyl (C=O) groups excluding carboxylic acids is 1. The molecular weight excluding hydrogens is 316 g/mol. The molecule has 120 valence electrons. The Labute approximate surface area is 118 Å². The summed E-state index contributed by atoms with van der Waals surface area (Å²) in [6, 6.07) is 0. The van der Waals surface area contributed by atoms with Gasteiger partial charge in [-0.15, -0.1) is 3.63 Å². The highest BCUT2D eigenvalue weighted by Gasteiger charge is 2.15. The summed E-state index contributed by atoms with van der Waals surface area (Å²) < 4.78 is 55.6. The SMILES string of the molecule is C=CC(=O)N(C)CCN(C)C.O=S(=O)(O)OS(=O)(=O)O. The zero-order valence-corrected chi connectivity index (χ0v) is 12.9. The molecule has 0 aromatic rings. The molecule has 0 aliphatic carbocycles. The highest BCUT2D eigenvalue weighted by Crippen LogP contribution is 1.91. The van der Waals surface area contributed by atoms with Crippen molar-refractivity contribution in [1.29, 1.82) is 0 Å². The van der Waals surface area contributed by atoms with Crippen LogP contribution in [0, 0.1) is 0 Å². The van der Waals surface area contributed by atoms with Gasteiger partial charge in [0, 0.05) is 20.1 Å². The van der Waals surface area contributed by atoms with Crippen molar-refractivity contribution in [1.82, 2.24) is 9.80 Å². The molecule has 0 bridgehead atoms. The van der Waals surface area contributed by atoms with Crippen LogP contribution in [-0.2, 0) is 29.2 Å². The number of hydrogen-bond acceptors (Lipinski definition) is 7. The first-order chi connectivity index (χ1) is 8.78. The van der Waals surface area contributed by atoms with Gasteiger partial charge in [0.2, 0.25) is 5.91 Å². The highest BCUT2D eigenvalue weighted by atomic mass is 32.3. The van der Waals surface area contributed by atoms with Crippen LogP contribution in [0.5, 0.6) is 0 Å². The molecular formula is C8H18N2O8S2. The fraction of sp³-hybridized carbons (Fsp3) is 0.625. The van der Waals surface area contributed by atoms with Crippen molar-refractivity contribution in [2.75, 3.05) is 34.2 Å². The van der Waals surface area contributed by atoms with Gasteiger partial charge in [-0.3, -0.25) is 13.9 Å². The molecule has 2 N–H and O–H groups in total. The summed E-state index contributed by atoms with van der Waals surface area (Å²) in [5.41, 5.74) is 0. The predicted molar refractivity (Wildman–Crippen MR) is 70.6 cm³/mol. The van der Waals surface area contributed by atoms with E-state index in [1.54, 1.807) is 11.9 Å². The molecule has 1 amide bonds. The molecule has 0 spiro atoms. The lowest BCUT2D eigenvalue weighted by Gasteiger charge is -2.17. The van der Waals surface area contributed by atoms with Crippen molar-refractivity contribution in [3.63, 3.8) is 0 Å². The van der Waals surface area contributed by atoms with Crippen LogP contribution in [0.4, 0.5) is 0 Å². The Bertz CT molecular complexity index is 481. The lowest BCUT2D eigenvalue weighted by atomic mass is 10.4. The average molecular weight is 334 g/mol. The molecule has 0 saturated carbocycles. The molecule has 0 unspecified atom stereocenters.